The van der Waals surface area contributed by atoms with Crippen molar-refractivity contribution >= 4 is 12.0 Å². The Morgan fingerprint density at radius 3 is 2.42 bits per heavy atom. The Morgan fingerprint density at radius 1 is 1.00 bits per heavy atom. The summed E-state index contributed by atoms with van der Waals surface area (Å²) < 4.78 is 15.8. The fourth-order valence-corrected chi connectivity index (χ4v) is 1.99. The Morgan fingerprint density at radius 2 is 1.71 bits per heavy atom. The first-order valence-electron chi connectivity index (χ1n) is 7.58. The molecule has 0 bridgehead atoms. The van der Waals surface area contributed by atoms with E-state index in [-0.39, 0.29) is 5.91 Å². The van der Waals surface area contributed by atoms with Gasteiger partial charge in [-0.15, -0.1) is 0 Å². The summed E-state index contributed by atoms with van der Waals surface area (Å²) in [6, 6.07) is 14.8. The average Bonchev–Trinajstić information content (AvgIpc) is 2.64. The van der Waals surface area contributed by atoms with Gasteiger partial charge in [0.05, 0.1) is 20.8 Å². The topological polar surface area (TPSA) is 56.8 Å². The summed E-state index contributed by atoms with van der Waals surface area (Å²) in [5, 5.41) is 2.77. The normalized spacial score (nSPS) is 10.4. The first kappa shape index (κ1) is 17.4. The third kappa shape index (κ3) is 5.68. The van der Waals surface area contributed by atoms with Crippen LogP contribution in [0.5, 0.6) is 17.2 Å². The molecule has 5 nitrogen and oxygen atoms in total. The van der Waals surface area contributed by atoms with Crippen LogP contribution in [0.1, 0.15) is 5.56 Å². The van der Waals surface area contributed by atoms with Gasteiger partial charge in [0.2, 0.25) is 5.91 Å². The molecular formula is C19H21NO4. The van der Waals surface area contributed by atoms with Gasteiger partial charge in [0.15, 0.2) is 0 Å². The van der Waals surface area contributed by atoms with E-state index in [1.165, 1.54) is 6.08 Å². The van der Waals surface area contributed by atoms with Crippen molar-refractivity contribution in [1.29, 1.82) is 0 Å². The number of carbonyl (C=O) groups is 1. The highest BCUT2D eigenvalue weighted by molar-refractivity contribution is 5.91. The van der Waals surface area contributed by atoms with Crippen molar-refractivity contribution < 1.29 is 19.0 Å². The largest absolute Gasteiger partial charge is 0.497 e. The number of amides is 1. The summed E-state index contributed by atoms with van der Waals surface area (Å²) in [6.45, 7) is 0.818. The Balaban J connectivity index is 1.71. The fraction of sp³-hybridized carbons (Fsp3) is 0.211. The standard InChI is InChI=1S/C19H21NO4/c1-22-16-7-9-17(10-8-16)24-13-12-20-19(21)11-6-15-4-3-5-18(14-15)23-2/h3-11,14H,12-13H2,1-2H3,(H,20,21)/b11-6+. The second-order valence-electron chi connectivity index (χ2n) is 4.92. The number of carbonyl (C=O) groups excluding carboxylic acids is 1. The molecule has 2 aromatic rings. The summed E-state index contributed by atoms with van der Waals surface area (Å²) in [7, 11) is 3.22. The number of benzene rings is 2. The zero-order chi connectivity index (χ0) is 17.2. The predicted octanol–water partition coefficient (Wildman–Crippen LogP) is 2.91. The van der Waals surface area contributed by atoms with Crippen LogP contribution in [-0.2, 0) is 4.79 Å². The van der Waals surface area contributed by atoms with E-state index in [0.29, 0.717) is 13.2 Å². The highest BCUT2D eigenvalue weighted by Gasteiger charge is 1.98. The Hall–Kier alpha value is -2.95. The van der Waals surface area contributed by atoms with E-state index < -0.39 is 0 Å². The molecule has 0 aliphatic carbocycles. The van der Waals surface area contributed by atoms with Gasteiger partial charge in [-0.2, -0.15) is 0 Å². The maximum absolute atomic E-state index is 11.8. The van der Waals surface area contributed by atoms with Gasteiger partial charge in [-0.25, -0.2) is 0 Å². The lowest BCUT2D eigenvalue weighted by atomic mass is 10.2. The van der Waals surface area contributed by atoms with Crippen LogP contribution in [0.3, 0.4) is 0 Å². The molecule has 0 saturated carbocycles. The molecule has 2 rings (SSSR count). The average molecular weight is 327 g/mol. The smallest absolute Gasteiger partial charge is 0.244 e. The second kappa shape index (κ2) is 9.25. The lowest BCUT2D eigenvalue weighted by molar-refractivity contribution is -0.116. The Bertz CT molecular complexity index is 680. The van der Waals surface area contributed by atoms with Crippen LogP contribution in [0.4, 0.5) is 0 Å². The Kier molecular flexibility index (Phi) is 6.71. The predicted molar refractivity (Wildman–Crippen MR) is 93.5 cm³/mol. The maximum Gasteiger partial charge on any atom is 0.244 e. The van der Waals surface area contributed by atoms with Crippen LogP contribution in [0, 0.1) is 0 Å². The Labute approximate surface area is 141 Å². The third-order valence-electron chi connectivity index (χ3n) is 3.25. The lowest BCUT2D eigenvalue weighted by Crippen LogP contribution is -2.26. The summed E-state index contributed by atoms with van der Waals surface area (Å²) in [4.78, 5) is 11.8. The number of hydrogen-bond acceptors (Lipinski definition) is 4. The molecular weight excluding hydrogens is 306 g/mol. The van der Waals surface area contributed by atoms with Crippen LogP contribution in [0.2, 0.25) is 0 Å². The minimum absolute atomic E-state index is 0.170. The molecule has 126 valence electrons. The number of nitrogens with one attached hydrogen (secondary N) is 1. The number of rotatable bonds is 8. The van der Waals surface area contributed by atoms with Crippen molar-refractivity contribution in [3.05, 3.63) is 60.2 Å². The van der Waals surface area contributed by atoms with Crippen molar-refractivity contribution in [1.82, 2.24) is 5.32 Å². The van der Waals surface area contributed by atoms with Crippen LogP contribution in [0.15, 0.2) is 54.6 Å². The van der Waals surface area contributed by atoms with E-state index in [1.807, 2.05) is 48.5 Å². The second-order valence-corrected chi connectivity index (χ2v) is 4.92. The third-order valence-corrected chi connectivity index (χ3v) is 3.25. The minimum atomic E-state index is -0.170. The van der Waals surface area contributed by atoms with E-state index in [4.69, 9.17) is 14.2 Å². The molecule has 0 spiro atoms. The van der Waals surface area contributed by atoms with E-state index >= 15 is 0 Å². The summed E-state index contributed by atoms with van der Waals surface area (Å²) in [5.41, 5.74) is 0.902. The molecule has 0 saturated heterocycles. The van der Waals surface area contributed by atoms with E-state index in [2.05, 4.69) is 5.32 Å². The summed E-state index contributed by atoms with van der Waals surface area (Å²) >= 11 is 0. The van der Waals surface area contributed by atoms with Crippen molar-refractivity contribution in [2.24, 2.45) is 0 Å². The summed E-state index contributed by atoms with van der Waals surface area (Å²) in [6.07, 6.45) is 3.23. The monoisotopic (exact) mass is 327 g/mol. The molecule has 1 N–H and O–H groups in total. The van der Waals surface area contributed by atoms with Crippen LogP contribution < -0.4 is 19.5 Å². The van der Waals surface area contributed by atoms with Crippen LogP contribution >= 0.6 is 0 Å². The molecule has 0 aliphatic rings. The van der Waals surface area contributed by atoms with Gasteiger partial charge in [-0.05, 0) is 48.0 Å². The minimum Gasteiger partial charge on any atom is -0.497 e. The number of ether oxygens (including phenoxy) is 3. The van der Waals surface area contributed by atoms with Gasteiger partial charge in [0.1, 0.15) is 23.9 Å². The van der Waals surface area contributed by atoms with Crippen molar-refractivity contribution in [3.8, 4) is 17.2 Å². The van der Waals surface area contributed by atoms with Gasteiger partial charge in [-0.1, -0.05) is 12.1 Å². The van der Waals surface area contributed by atoms with Crippen molar-refractivity contribution in [2.45, 2.75) is 0 Å². The molecule has 24 heavy (non-hydrogen) atoms. The molecule has 1 amide bonds. The SMILES string of the molecule is COc1ccc(OCCNC(=O)/C=C/c2cccc(OC)c2)cc1. The zero-order valence-corrected chi connectivity index (χ0v) is 13.8. The molecule has 0 aliphatic heterocycles. The first-order chi connectivity index (χ1) is 11.7. The molecule has 0 atom stereocenters. The van der Waals surface area contributed by atoms with Crippen LogP contribution in [-0.4, -0.2) is 33.3 Å². The van der Waals surface area contributed by atoms with Crippen molar-refractivity contribution in [2.75, 3.05) is 27.4 Å². The van der Waals surface area contributed by atoms with Gasteiger partial charge < -0.3 is 19.5 Å². The van der Waals surface area contributed by atoms with Crippen LogP contribution in [0.25, 0.3) is 6.08 Å². The van der Waals surface area contributed by atoms with Gasteiger partial charge in [0.25, 0.3) is 0 Å². The maximum atomic E-state index is 11.8. The fourth-order valence-electron chi connectivity index (χ4n) is 1.99. The van der Waals surface area contributed by atoms with E-state index in [9.17, 15) is 4.79 Å². The highest BCUT2D eigenvalue weighted by atomic mass is 16.5. The number of hydrogen-bond donors (Lipinski definition) is 1. The van der Waals surface area contributed by atoms with Gasteiger partial charge in [-0.3, -0.25) is 4.79 Å². The van der Waals surface area contributed by atoms with E-state index in [1.54, 1.807) is 20.3 Å². The number of methoxy groups -OCH3 is 2. The molecule has 0 aromatic heterocycles. The quantitative estimate of drug-likeness (QED) is 0.598. The molecule has 0 unspecified atom stereocenters. The molecule has 0 radical (unpaired) electrons. The van der Waals surface area contributed by atoms with Crippen molar-refractivity contribution in [3.63, 3.8) is 0 Å². The first-order valence-corrected chi connectivity index (χ1v) is 7.58. The molecule has 0 fully saturated rings. The molecule has 2 aromatic carbocycles. The summed E-state index contributed by atoms with van der Waals surface area (Å²) in [5.74, 6) is 2.09. The molecule has 0 heterocycles. The van der Waals surface area contributed by atoms with Gasteiger partial charge >= 0.3 is 0 Å². The van der Waals surface area contributed by atoms with E-state index in [0.717, 1.165) is 22.8 Å². The molecule has 5 heteroatoms. The lowest BCUT2D eigenvalue weighted by Gasteiger charge is -2.07. The highest BCUT2D eigenvalue weighted by Crippen LogP contribution is 2.16. The zero-order valence-electron chi connectivity index (χ0n) is 13.8. The van der Waals surface area contributed by atoms with Gasteiger partial charge in [0, 0.05) is 6.08 Å².